The van der Waals surface area contributed by atoms with Gasteiger partial charge in [-0.1, -0.05) is 0 Å². The minimum atomic E-state index is 0.640. The summed E-state index contributed by atoms with van der Waals surface area (Å²) in [5, 5.41) is 14.3. The van der Waals surface area contributed by atoms with Crippen molar-refractivity contribution in [3.63, 3.8) is 0 Å². The van der Waals surface area contributed by atoms with Crippen molar-refractivity contribution in [2.45, 2.75) is 39.7 Å². The van der Waals surface area contributed by atoms with Crippen LogP contribution in [0.4, 0.5) is 11.1 Å². The van der Waals surface area contributed by atoms with Crippen LogP contribution in [0.2, 0.25) is 0 Å². The molecule has 0 bridgehead atoms. The van der Waals surface area contributed by atoms with Crippen molar-refractivity contribution < 1.29 is 0 Å². The molecule has 0 saturated heterocycles. The maximum Gasteiger partial charge on any atom is 0.224 e. The number of aromatic nitrogens is 4. The highest BCUT2D eigenvalue weighted by molar-refractivity contribution is 7.13. The molecule has 2 rings (SSSR count). The zero-order valence-electron chi connectivity index (χ0n) is 11.4. The summed E-state index contributed by atoms with van der Waals surface area (Å²) in [5.41, 5.74) is 6.68. The van der Waals surface area contributed by atoms with E-state index in [2.05, 4.69) is 38.9 Å². The average molecular weight is 280 g/mol. The van der Waals surface area contributed by atoms with E-state index >= 15 is 0 Å². The average Bonchev–Trinajstić information content (AvgIpc) is 2.97. The molecule has 2 aromatic heterocycles. The second kappa shape index (κ2) is 6.51. The van der Waals surface area contributed by atoms with Gasteiger partial charge in [-0.3, -0.25) is 4.57 Å². The summed E-state index contributed by atoms with van der Waals surface area (Å²) in [6, 6.07) is 0. The lowest BCUT2D eigenvalue weighted by molar-refractivity contribution is 0.668. The van der Waals surface area contributed by atoms with Crippen LogP contribution in [0.1, 0.15) is 31.8 Å². The zero-order chi connectivity index (χ0) is 13.7. The van der Waals surface area contributed by atoms with E-state index in [-0.39, 0.29) is 0 Å². The minimum absolute atomic E-state index is 0.640. The van der Waals surface area contributed by atoms with Crippen molar-refractivity contribution in [2.24, 2.45) is 0 Å². The highest BCUT2D eigenvalue weighted by Gasteiger charge is 2.09. The molecule has 0 unspecified atom stereocenters. The van der Waals surface area contributed by atoms with E-state index in [0.29, 0.717) is 5.13 Å². The Balaban J connectivity index is 1.92. The minimum Gasteiger partial charge on any atom is -0.375 e. The van der Waals surface area contributed by atoms with E-state index in [9.17, 15) is 0 Å². The highest BCUT2D eigenvalue weighted by Crippen LogP contribution is 2.14. The van der Waals surface area contributed by atoms with Crippen LogP contribution in [-0.2, 0) is 19.4 Å². The summed E-state index contributed by atoms with van der Waals surface area (Å²) >= 11 is 1.49. The first-order chi connectivity index (χ1) is 9.24. The molecule has 0 aliphatic rings. The van der Waals surface area contributed by atoms with Crippen LogP contribution in [0.5, 0.6) is 0 Å². The topological polar surface area (TPSA) is 81.7 Å². The largest absolute Gasteiger partial charge is 0.375 e. The number of hydrogen-bond donors (Lipinski definition) is 2. The normalized spacial score (nSPS) is 10.8. The molecule has 0 amide bonds. The summed E-state index contributed by atoms with van der Waals surface area (Å²) < 4.78 is 2.12. The van der Waals surface area contributed by atoms with Gasteiger partial charge in [-0.15, -0.1) is 21.5 Å². The summed E-state index contributed by atoms with van der Waals surface area (Å²) in [7, 11) is 0. The molecule has 2 heterocycles. The molecule has 0 fully saturated rings. The van der Waals surface area contributed by atoms with Crippen molar-refractivity contribution in [2.75, 3.05) is 17.6 Å². The van der Waals surface area contributed by atoms with Crippen LogP contribution >= 0.6 is 11.3 Å². The van der Waals surface area contributed by atoms with Gasteiger partial charge in [0.05, 0.1) is 5.69 Å². The van der Waals surface area contributed by atoms with Crippen LogP contribution in [0.15, 0.2) is 5.38 Å². The van der Waals surface area contributed by atoms with Crippen LogP contribution < -0.4 is 11.1 Å². The van der Waals surface area contributed by atoms with E-state index in [0.717, 1.165) is 49.8 Å². The van der Waals surface area contributed by atoms with Gasteiger partial charge in [-0.25, -0.2) is 4.98 Å². The van der Waals surface area contributed by atoms with Crippen LogP contribution in [-0.4, -0.2) is 26.3 Å². The molecule has 0 atom stereocenters. The second-order valence-corrected chi connectivity index (χ2v) is 5.13. The van der Waals surface area contributed by atoms with Gasteiger partial charge in [-0.05, 0) is 26.7 Å². The molecule has 3 N–H and O–H groups in total. The lowest BCUT2D eigenvalue weighted by Gasteiger charge is -2.07. The fourth-order valence-corrected chi connectivity index (χ4v) is 2.60. The number of thiazole rings is 1. The number of nitrogens with two attached hydrogens (primary N) is 1. The number of nitrogens with one attached hydrogen (secondary N) is 1. The van der Waals surface area contributed by atoms with E-state index in [1.807, 2.05) is 5.38 Å². The van der Waals surface area contributed by atoms with Gasteiger partial charge in [0, 0.05) is 24.9 Å². The zero-order valence-corrected chi connectivity index (χ0v) is 12.2. The number of hydrogen-bond acceptors (Lipinski definition) is 6. The number of aryl methyl sites for hydroxylation is 2. The number of nitrogen functional groups attached to an aromatic ring is 1. The standard InChI is InChI=1S/C12H20N6S/c1-3-14-12-17-16-10(18(12)4-2)7-5-6-9-8-19-11(13)15-9/h8H,3-7H2,1-2H3,(H2,13,15)(H,14,17). The Morgan fingerprint density at radius 1 is 1.32 bits per heavy atom. The molecule has 19 heavy (non-hydrogen) atoms. The molecule has 104 valence electrons. The van der Waals surface area contributed by atoms with Crippen molar-refractivity contribution in [3.05, 3.63) is 16.9 Å². The van der Waals surface area contributed by atoms with Crippen molar-refractivity contribution >= 4 is 22.4 Å². The monoisotopic (exact) mass is 280 g/mol. The summed E-state index contributed by atoms with van der Waals surface area (Å²) in [5.74, 6) is 1.89. The molecule has 0 aliphatic heterocycles. The van der Waals surface area contributed by atoms with Crippen molar-refractivity contribution in [1.29, 1.82) is 0 Å². The fraction of sp³-hybridized carbons (Fsp3) is 0.583. The molecule has 7 heteroatoms. The summed E-state index contributed by atoms with van der Waals surface area (Å²) in [4.78, 5) is 4.26. The highest BCUT2D eigenvalue weighted by atomic mass is 32.1. The summed E-state index contributed by atoms with van der Waals surface area (Å²) in [6.07, 6.45) is 2.85. The Morgan fingerprint density at radius 2 is 2.16 bits per heavy atom. The Morgan fingerprint density at radius 3 is 2.79 bits per heavy atom. The number of rotatable bonds is 7. The molecule has 0 radical (unpaired) electrons. The number of anilines is 2. The van der Waals surface area contributed by atoms with Crippen LogP contribution in [0, 0.1) is 0 Å². The van der Waals surface area contributed by atoms with Gasteiger partial charge < -0.3 is 11.1 Å². The van der Waals surface area contributed by atoms with Crippen LogP contribution in [0.25, 0.3) is 0 Å². The van der Waals surface area contributed by atoms with Gasteiger partial charge in [0.2, 0.25) is 5.95 Å². The third-order valence-electron chi connectivity index (χ3n) is 2.88. The fourth-order valence-electron chi connectivity index (χ4n) is 2.01. The van der Waals surface area contributed by atoms with Crippen LogP contribution in [0.3, 0.4) is 0 Å². The van der Waals surface area contributed by atoms with Gasteiger partial charge in [0.25, 0.3) is 0 Å². The lowest BCUT2D eigenvalue weighted by Crippen LogP contribution is -2.08. The van der Waals surface area contributed by atoms with Gasteiger partial charge in [0.15, 0.2) is 5.13 Å². The molecule has 0 saturated carbocycles. The molecule has 0 aromatic carbocycles. The molecule has 2 aromatic rings. The maximum absolute atomic E-state index is 5.62. The molecule has 0 spiro atoms. The molecular formula is C12H20N6S. The summed E-state index contributed by atoms with van der Waals surface area (Å²) in [6.45, 7) is 5.90. The first-order valence-electron chi connectivity index (χ1n) is 6.60. The molecular weight excluding hydrogens is 260 g/mol. The second-order valence-electron chi connectivity index (χ2n) is 4.25. The third kappa shape index (κ3) is 3.44. The quantitative estimate of drug-likeness (QED) is 0.810. The van der Waals surface area contributed by atoms with E-state index in [4.69, 9.17) is 5.73 Å². The van der Waals surface area contributed by atoms with E-state index in [1.165, 1.54) is 11.3 Å². The van der Waals surface area contributed by atoms with Crippen molar-refractivity contribution in [3.8, 4) is 0 Å². The SMILES string of the molecule is CCNc1nnc(CCCc2csc(N)n2)n1CC. The van der Waals surface area contributed by atoms with Crippen molar-refractivity contribution in [1.82, 2.24) is 19.7 Å². The van der Waals surface area contributed by atoms with Gasteiger partial charge in [-0.2, -0.15) is 0 Å². The Kier molecular flexibility index (Phi) is 4.73. The molecule has 0 aliphatic carbocycles. The van der Waals surface area contributed by atoms with E-state index in [1.54, 1.807) is 0 Å². The smallest absolute Gasteiger partial charge is 0.224 e. The van der Waals surface area contributed by atoms with Gasteiger partial charge in [0.1, 0.15) is 5.82 Å². The predicted octanol–water partition coefficient (Wildman–Crippen LogP) is 1.94. The predicted molar refractivity (Wildman–Crippen MR) is 78.4 cm³/mol. The Labute approximate surface area is 117 Å². The maximum atomic E-state index is 5.62. The van der Waals surface area contributed by atoms with Gasteiger partial charge >= 0.3 is 0 Å². The van der Waals surface area contributed by atoms with E-state index < -0.39 is 0 Å². The number of nitrogens with zero attached hydrogens (tertiary/aromatic N) is 4. The lowest BCUT2D eigenvalue weighted by atomic mass is 10.2. The Bertz CT molecular complexity index is 518. The molecule has 6 nitrogen and oxygen atoms in total. The first kappa shape index (κ1) is 13.8. The Hall–Kier alpha value is -1.63. The first-order valence-corrected chi connectivity index (χ1v) is 7.48. The third-order valence-corrected chi connectivity index (χ3v) is 3.60.